The van der Waals surface area contributed by atoms with E-state index in [2.05, 4.69) is 15.3 Å². The molecule has 1 unspecified atom stereocenters. The Bertz CT molecular complexity index is 498. The Morgan fingerprint density at radius 1 is 1.47 bits per heavy atom. The van der Waals surface area contributed by atoms with Crippen molar-refractivity contribution in [2.24, 2.45) is 0 Å². The molecule has 0 aromatic carbocycles. The van der Waals surface area contributed by atoms with Crippen LogP contribution in [-0.2, 0) is 6.54 Å². The minimum absolute atomic E-state index is 0.0864. The third-order valence-electron chi connectivity index (χ3n) is 2.42. The third-order valence-corrected chi connectivity index (χ3v) is 3.30. The van der Waals surface area contributed by atoms with Crippen molar-refractivity contribution >= 4 is 23.2 Å². The van der Waals surface area contributed by atoms with Crippen molar-refractivity contribution in [3.05, 3.63) is 40.9 Å². The van der Waals surface area contributed by atoms with E-state index < -0.39 is 0 Å². The highest BCUT2D eigenvalue weighted by Crippen LogP contribution is 2.21. The summed E-state index contributed by atoms with van der Waals surface area (Å²) in [5.74, 6) is 0. The van der Waals surface area contributed by atoms with Crippen molar-refractivity contribution in [1.82, 2.24) is 20.0 Å². The second-order valence-corrected chi connectivity index (χ2v) is 4.62. The first kappa shape index (κ1) is 12.3. The maximum Gasteiger partial charge on any atom is 0.101 e. The van der Waals surface area contributed by atoms with Gasteiger partial charge in [0.2, 0.25) is 0 Å². The van der Waals surface area contributed by atoms with Gasteiger partial charge >= 0.3 is 0 Å². The zero-order valence-electron chi connectivity index (χ0n) is 9.35. The van der Waals surface area contributed by atoms with Gasteiger partial charge < -0.3 is 0 Å². The molecular weight excluding hydrogens is 259 g/mol. The van der Waals surface area contributed by atoms with Crippen molar-refractivity contribution in [1.29, 1.82) is 0 Å². The lowest BCUT2D eigenvalue weighted by Crippen LogP contribution is -2.01. The van der Waals surface area contributed by atoms with Gasteiger partial charge in [0.15, 0.2) is 0 Å². The molecule has 0 aliphatic carbocycles. The molecule has 0 bridgehead atoms. The van der Waals surface area contributed by atoms with E-state index in [-0.39, 0.29) is 5.38 Å². The minimum atomic E-state index is -0.0864. The van der Waals surface area contributed by atoms with Gasteiger partial charge in [-0.25, -0.2) is 4.68 Å². The van der Waals surface area contributed by atoms with Crippen molar-refractivity contribution in [3.63, 3.8) is 0 Å². The lowest BCUT2D eigenvalue weighted by atomic mass is 10.2. The topological polar surface area (TPSA) is 43.6 Å². The summed E-state index contributed by atoms with van der Waals surface area (Å²) in [6, 6.07) is 1.86. The molecule has 2 rings (SSSR count). The predicted molar refractivity (Wildman–Crippen MR) is 67.3 cm³/mol. The van der Waals surface area contributed by atoms with Crippen LogP contribution in [0.2, 0.25) is 5.02 Å². The SMILES string of the molecule is CCC(Cl)c1cn(Cc2ccncc2Cl)nn1. The van der Waals surface area contributed by atoms with Gasteiger partial charge in [-0.15, -0.1) is 16.7 Å². The molecule has 1 atom stereocenters. The predicted octanol–water partition coefficient (Wildman–Crippen LogP) is 3.06. The van der Waals surface area contributed by atoms with Crippen LogP contribution >= 0.6 is 23.2 Å². The van der Waals surface area contributed by atoms with E-state index in [9.17, 15) is 0 Å². The molecule has 6 heteroatoms. The summed E-state index contributed by atoms with van der Waals surface area (Å²) in [5, 5.41) is 8.60. The van der Waals surface area contributed by atoms with E-state index in [4.69, 9.17) is 23.2 Å². The van der Waals surface area contributed by atoms with Crippen LogP contribution in [0.5, 0.6) is 0 Å². The average molecular weight is 271 g/mol. The molecule has 0 aliphatic rings. The van der Waals surface area contributed by atoms with Crippen LogP contribution in [0, 0.1) is 0 Å². The Labute approximate surface area is 110 Å². The Hall–Kier alpha value is -1.13. The van der Waals surface area contributed by atoms with E-state index in [1.165, 1.54) is 0 Å². The van der Waals surface area contributed by atoms with Gasteiger partial charge in [-0.3, -0.25) is 4.98 Å². The highest BCUT2D eigenvalue weighted by atomic mass is 35.5. The van der Waals surface area contributed by atoms with Crippen LogP contribution in [0.4, 0.5) is 0 Å². The van der Waals surface area contributed by atoms with Crippen LogP contribution in [0.1, 0.15) is 30.0 Å². The summed E-state index contributed by atoms with van der Waals surface area (Å²) in [7, 11) is 0. The summed E-state index contributed by atoms with van der Waals surface area (Å²) in [5.41, 5.74) is 1.75. The molecule has 4 nitrogen and oxygen atoms in total. The number of pyridine rings is 1. The van der Waals surface area contributed by atoms with E-state index in [0.29, 0.717) is 11.6 Å². The largest absolute Gasteiger partial charge is 0.263 e. The monoisotopic (exact) mass is 270 g/mol. The molecule has 0 aliphatic heterocycles. The molecule has 90 valence electrons. The first-order chi connectivity index (χ1) is 8.20. The summed E-state index contributed by atoms with van der Waals surface area (Å²) in [6.07, 6.45) is 5.99. The molecule has 0 spiro atoms. The van der Waals surface area contributed by atoms with Crippen LogP contribution in [0.25, 0.3) is 0 Å². The summed E-state index contributed by atoms with van der Waals surface area (Å²) in [6.45, 7) is 2.58. The zero-order chi connectivity index (χ0) is 12.3. The van der Waals surface area contributed by atoms with E-state index in [1.54, 1.807) is 17.1 Å². The van der Waals surface area contributed by atoms with Gasteiger partial charge in [-0.2, -0.15) is 0 Å². The van der Waals surface area contributed by atoms with Gasteiger partial charge in [0, 0.05) is 12.4 Å². The second kappa shape index (κ2) is 5.47. The number of hydrogen-bond donors (Lipinski definition) is 0. The Balaban J connectivity index is 2.14. The molecule has 0 saturated carbocycles. The normalized spacial score (nSPS) is 12.6. The van der Waals surface area contributed by atoms with Gasteiger partial charge in [-0.1, -0.05) is 23.7 Å². The Morgan fingerprint density at radius 3 is 3.00 bits per heavy atom. The van der Waals surface area contributed by atoms with E-state index in [0.717, 1.165) is 17.7 Å². The molecule has 2 aromatic rings. The first-order valence-corrected chi connectivity index (χ1v) is 6.14. The van der Waals surface area contributed by atoms with Crippen LogP contribution in [0.15, 0.2) is 24.7 Å². The Kier molecular flexibility index (Phi) is 3.97. The quantitative estimate of drug-likeness (QED) is 0.803. The average Bonchev–Trinajstić information content (AvgIpc) is 2.80. The smallest absolute Gasteiger partial charge is 0.101 e. The van der Waals surface area contributed by atoms with E-state index >= 15 is 0 Å². The Morgan fingerprint density at radius 2 is 2.29 bits per heavy atom. The standard InChI is InChI=1S/C11H12Cl2N4/c1-2-9(12)11-7-17(16-15-11)6-8-3-4-14-5-10(8)13/h3-5,7,9H,2,6H2,1H3. The van der Waals surface area contributed by atoms with Crippen LogP contribution in [0.3, 0.4) is 0 Å². The first-order valence-electron chi connectivity index (χ1n) is 5.33. The maximum absolute atomic E-state index is 6.09. The molecule has 0 fully saturated rings. The third kappa shape index (κ3) is 2.96. The highest BCUT2D eigenvalue weighted by molar-refractivity contribution is 6.31. The summed E-state index contributed by atoms with van der Waals surface area (Å²) < 4.78 is 1.72. The van der Waals surface area contributed by atoms with Gasteiger partial charge in [0.1, 0.15) is 5.69 Å². The number of rotatable bonds is 4. The molecular formula is C11H12Cl2N4. The molecule has 0 radical (unpaired) electrons. The second-order valence-electron chi connectivity index (χ2n) is 3.68. The number of nitrogens with zero attached hydrogens (tertiary/aromatic N) is 4. The maximum atomic E-state index is 6.09. The molecule has 2 heterocycles. The molecule has 0 saturated heterocycles. The van der Waals surface area contributed by atoms with E-state index in [1.807, 2.05) is 19.2 Å². The highest BCUT2D eigenvalue weighted by Gasteiger charge is 2.10. The van der Waals surface area contributed by atoms with Crippen molar-refractivity contribution in [2.45, 2.75) is 25.3 Å². The van der Waals surface area contributed by atoms with Crippen molar-refractivity contribution in [2.75, 3.05) is 0 Å². The molecule has 0 amide bonds. The van der Waals surface area contributed by atoms with Crippen LogP contribution in [-0.4, -0.2) is 20.0 Å². The summed E-state index contributed by atoms with van der Waals surface area (Å²) >= 11 is 12.1. The van der Waals surface area contributed by atoms with Gasteiger partial charge in [-0.05, 0) is 18.1 Å². The van der Waals surface area contributed by atoms with Crippen LogP contribution < -0.4 is 0 Å². The fraction of sp³-hybridized carbons (Fsp3) is 0.364. The number of halogens is 2. The fourth-order valence-electron chi connectivity index (χ4n) is 1.45. The number of alkyl halides is 1. The zero-order valence-corrected chi connectivity index (χ0v) is 10.9. The minimum Gasteiger partial charge on any atom is -0.263 e. The molecule has 0 N–H and O–H groups in total. The lowest BCUT2D eigenvalue weighted by molar-refractivity contribution is 0.648. The van der Waals surface area contributed by atoms with Gasteiger partial charge in [0.05, 0.1) is 23.1 Å². The molecule has 2 aromatic heterocycles. The number of hydrogen-bond acceptors (Lipinski definition) is 3. The van der Waals surface area contributed by atoms with Crippen molar-refractivity contribution < 1.29 is 0 Å². The lowest BCUT2D eigenvalue weighted by Gasteiger charge is -2.02. The van der Waals surface area contributed by atoms with Crippen molar-refractivity contribution in [3.8, 4) is 0 Å². The van der Waals surface area contributed by atoms with Gasteiger partial charge in [0.25, 0.3) is 0 Å². The fourth-order valence-corrected chi connectivity index (χ4v) is 1.73. The number of aromatic nitrogens is 4. The summed E-state index contributed by atoms with van der Waals surface area (Å²) in [4.78, 5) is 3.93. The molecule has 17 heavy (non-hydrogen) atoms.